The summed E-state index contributed by atoms with van der Waals surface area (Å²) in [6.07, 6.45) is 1.96. The molecule has 0 atom stereocenters. The van der Waals surface area contributed by atoms with Crippen molar-refractivity contribution < 1.29 is 9.59 Å². The van der Waals surface area contributed by atoms with Gasteiger partial charge in [-0.2, -0.15) is 0 Å². The number of carbonyl (C=O) groups is 2. The fourth-order valence-corrected chi connectivity index (χ4v) is 1.61. The van der Waals surface area contributed by atoms with Crippen molar-refractivity contribution in [1.29, 1.82) is 0 Å². The number of primary amides is 1. The average molecular weight is 263 g/mol. The third-order valence-electron chi connectivity index (χ3n) is 2.84. The first-order valence-electron chi connectivity index (χ1n) is 6.16. The van der Waals surface area contributed by atoms with E-state index in [4.69, 9.17) is 11.5 Å². The molecule has 0 saturated heterocycles. The van der Waals surface area contributed by atoms with E-state index in [2.05, 4.69) is 15.6 Å². The van der Waals surface area contributed by atoms with E-state index in [0.717, 1.165) is 12.8 Å². The first-order valence-corrected chi connectivity index (χ1v) is 6.16. The second kappa shape index (κ2) is 5.55. The number of pyridine rings is 1. The number of carbonyl (C=O) groups excluding carboxylic acids is 2. The van der Waals surface area contributed by atoms with Gasteiger partial charge in [0.05, 0.1) is 5.69 Å². The van der Waals surface area contributed by atoms with E-state index >= 15 is 0 Å². The Morgan fingerprint density at radius 2 is 2.05 bits per heavy atom. The third kappa shape index (κ3) is 3.57. The Kier molecular flexibility index (Phi) is 3.84. The van der Waals surface area contributed by atoms with Crippen LogP contribution in [0, 0.1) is 5.92 Å². The van der Waals surface area contributed by atoms with E-state index in [0.29, 0.717) is 24.6 Å². The van der Waals surface area contributed by atoms with Crippen LogP contribution in [0.1, 0.15) is 23.3 Å². The zero-order valence-electron chi connectivity index (χ0n) is 10.5. The van der Waals surface area contributed by atoms with Gasteiger partial charge in [-0.3, -0.25) is 9.59 Å². The Labute approximate surface area is 110 Å². The number of nitrogen functional groups attached to an aromatic ring is 1. The number of nitrogens with zero attached hydrogens (tertiary/aromatic N) is 1. The van der Waals surface area contributed by atoms with Crippen molar-refractivity contribution in [2.24, 2.45) is 11.7 Å². The van der Waals surface area contributed by atoms with Crippen molar-refractivity contribution in [2.45, 2.75) is 12.8 Å². The van der Waals surface area contributed by atoms with Crippen molar-refractivity contribution in [1.82, 2.24) is 10.3 Å². The number of aromatic nitrogens is 1. The lowest BCUT2D eigenvalue weighted by molar-refractivity contribution is -0.122. The smallest absolute Gasteiger partial charge is 0.267 e. The molecule has 7 nitrogen and oxygen atoms in total. The van der Waals surface area contributed by atoms with Crippen molar-refractivity contribution in [2.75, 3.05) is 24.1 Å². The van der Waals surface area contributed by atoms with Crippen LogP contribution < -0.4 is 22.1 Å². The molecular formula is C12H17N5O2. The predicted octanol–water partition coefficient (Wildman–Crippen LogP) is -0.299. The van der Waals surface area contributed by atoms with Crippen LogP contribution >= 0.6 is 0 Å². The predicted molar refractivity (Wildman–Crippen MR) is 71.4 cm³/mol. The van der Waals surface area contributed by atoms with Gasteiger partial charge in [-0.25, -0.2) is 4.98 Å². The molecule has 1 aromatic rings. The fraction of sp³-hybridized carbons (Fsp3) is 0.417. The van der Waals surface area contributed by atoms with Gasteiger partial charge in [0.1, 0.15) is 11.5 Å². The van der Waals surface area contributed by atoms with Crippen molar-refractivity contribution in [3.05, 3.63) is 17.8 Å². The summed E-state index contributed by atoms with van der Waals surface area (Å²) in [7, 11) is 0. The van der Waals surface area contributed by atoms with Gasteiger partial charge in [0.25, 0.3) is 5.91 Å². The highest BCUT2D eigenvalue weighted by atomic mass is 16.2. The van der Waals surface area contributed by atoms with E-state index in [1.165, 1.54) is 6.07 Å². The van der Waals surface area contributed by atoms with Crippen molar-refractivity contribution in [3.8, 4) is 0 Å². The molecule has 0 unspecified atom stereocenters. The minimum atomic E-state index is -0.606. The highest BCUT2D eigenvalue weighted by molar-refractivity contribution is 5.91. The first kappa shape index (κ1) is 13.1. The normalized spacial score (nSPS) is 13.9. The Morgan fingerprint density at radius 3 is 2.68 bits per heavy atom. The molecule has 0 aromatic carbocycles. The number of nitrogens with two attached hydrogens (primary N) is 2. The number of hydrogen-bond acceptors (Lipinski definition) is 5. The van der Waals surface area contributed by atoms with Gasteiger partial charge in [0.15, 0.2) is 0 Å². The van der Waals surface area contributed by atoms with Gasteiger partial charge < -0.3 is 22.1 Å². The molecule has 0 bridgehead atoms. The summed E-state index contributed by atoms with van der Waals surface area (Å²) in [5.74, 6) is 0.0806. The number of amides is 2. The Morgan fingerprint density at radius 1 is 1.32 bits per heavy atom. The van der Waals surface area contributed by atoms with Crippen LogP contribution in [0.2, 0.25) is 0 Å². The van der Waals surface area contributed by atoms with Gasteiger partial charge in [-0.15, -0.1) is 0 Å². The van der Waals surface area contributed by atoms with Gasteiger partial charge in [-0.1, -0.05) is 0 Å². The summed E-state index contributed by atoms with van der Waals surface area (Å²) < 4.78 is 0. The Bertz CT molecular complexity index is 499. The van der Waals surface area contributed by atoms with Crippen molar-refractivity contribution >= 4 is 23.3 Å². The molecule has 19 heavy (non-hydrogen) atoms. The lowest BCUT2D eigenvalue weighted by Gasteiger charge is -2.09. The summed E-state index contributed by atoms with van der Waals surface area (Å²) in [5, 5.41) is 5.77. The lowest BCUT2D eigenvalue weighted by Crippen LogP contribution is -2.30. The number of rotatable bonds is 6. The molecule has 1 heterocycles. The van der Waals surface area contributed by atoms with E-state index in [1.54, 1.807) is 6.07 Å². The molecule has 1 aliphatic carbocycles. The molecule has 0 aliphatic heterocycles. The van der Waals surface area contributed by atoms with Gasteiger partial charge in [0, 0.05) is 19.0 Å². The molecule has 1 saturated carbocycles. The maximum atomic E-state index is 11.4. The second-order valence-electron chi connectivity index (χ2n) is 4.49. The highest BCUT2D eigenvalue weighted by Crippen LogP contribution is 2.28. The fourth-order valence-electron chi connectivity index (χ4n) is 1.61. The largest absolute Gasteiger partial charge is 0.396 e. The van der Waals surface area contributed by atoms with E-state index in [1.807, 2.05) is 0 Å². The lowest BCUT2D eigenvalue weighted by atomic mass is 10.3. The maximum Gasteiger partial charge on any atom is 0.267 e. The number of anilines is 2. The zero-order chi connectivity index (χ0) is 13.8. The Hall–Kier alpha value is -2.31. The third-order valence-corrected chi connectivity index (χ3v) is 2.84. The molecule has 1 aromatic heterocycles. The minimum absolute atomic E-state index is 0.0913. The monoisotopic (exact) mass is 263 g/mol. The second-order valence-corrected chi connectivity index (χ2v) is 4.49. The SMILES string of the molecule is NC(=O)c1ccc(N)c(NCCNC(=O)C2CC2)n1. The molecule has 0 spiro atoms. The standard InChI is InChI=1S/C12H17N5O2/c13-8-3-4-9(10(14)18)17-11(8)15-5-6-16-12(19)7-1-2-7/h3-4,7H,1-2,5-6,13H2,(H2,14,18)(H,15,17)(H,16,19). The molecule has 1 fully saturated rings. The van der Waals surface area contributed by atoms with Crippen LogP contribution in [0.4, 0.5) is 11.5 Å². The number of hydrogen-bond donors (Lipinski definition) is 4. The quantitative estimate of drug-likeness (QED) is 0.525. The summed E-state index contributed by atoms with van der Waals surface area (Å²) in [6.45, 7) is 0.967. The first-order chi connectivity index (χ1) is 9.08. The summed E-state index contributed by atoms with van der Waals surface area (Å²) >= 11 is 0. The molecule has 102 valence electrons. The molecule has 2 rings (SSSR count). The van der Waals surface area contributed by atoms with Crippen molar-refractivity contribution in [3.63, 3.8) is 0 Å². The molecule has 1 aliphatic rings. The van der Waals surface area contributed by atoms with Crippen LogP contribution in [0.3, 0.4) is 0 Å². The minimum Gasteiger partial charge on any atom is -0.396 e. The highest BCUT2D eigenvalue weighted by Gasteiger charge is 2.28. The van der Waals surface area contributed by atoms with Gasteiger partial charge >= 0.3 is 0 Å². The molecule has 2 amide bonds. The van der Waals surface area contributed by atoms with Crippen LogP contribution in [0.25, 0.3) is 0 Å². The number of nitrogens with one attached hydrogen (secondary N) is 2. The molecule has 7 heteroatoms. The molecule has 6 N–H and O–H groups in total. The zero-order valence-corrected chi connectivity index (χ0v) is 10.5. The molecule has 0 radical (unpaired) electrons. The van der Waals surface area contributed by atoms with E-state index < -0.39 is 5.91 Å². The summed E-state index contributed by atoms with van der Waals surface area (Å²) in [5.41, 5.74) is 11.4. The van der Waals surface area contributed by atoms with E-state index in [9.17, 15) is 9.59 Å². The van der Waals surface area contributed by atoms with Gasteiger partial charge in [0.2, 0.25) is 5.91 Å². The van der Waals surface area contributed by atoms with Gasteiger partial charge in [-0.05, 0) is 25.0 Å². The Balaban J connectivity index is 1.82. The summed E-state index contributed by atoms with van der Waals surface area (Å²) in [4.78, 5) is 26.4. The van der Waals surface area contributed by atoms with E-state index in [-0.39, 0.29) is 17.5 Å². The van der Waals surface area contributed by atoms with Crippen LogP contribution in [0.15, 0.2) is 12.1 Å². The van der Waals surface area contributed by atoms with Crippen LogP contribution in [-0.2, 0) is 4.79 Å². The molecular weight excluding hydrogens is 246 g/mol. The van der Waals surface area contributed by atoms with Crippen LogP contribution in [-0.4, -0.2) is 29.9 Å². The average Bonchev–Trinajstić information content (AvgIpc) is 3.20. The maximum absolute atomic E-state index is 11.4. The summed E-state index contributed by atoms with van der Waals surface area (Å²) in [6, 6.07) is 3.04. The topological polar surface area (TPSA) is 123 Å². The van der Waals surface area contributed by atoms with Crippen LogP contribution in [0.5, 0.6) is 0 Å².